The fraction of sp³-hybridized carbons (Fsp3) is 0.250. The summed E-state index contributed by atoms with van der Waals surface area (Å²) >= 11 is 5.88. The van der Waals surface area contributed by atoms with Crippen molar-refractivity contribution in [3.05, 3.63) is 34.9 Å². The first-order valence-corrected chi connectivity index (χ1v) is 5.82. The van der Waals surface area contributed by atoms with Crippen LogP contribution in [0.2, 0.25) is 5.02 Å². The van der Waals surface area contributed by atoms with Crippen LogP contribution in [0.1, 0.15) is 16.2 Å². The van der Waals surface area contributed by atoms with Gasteiger partial charge < -0.3 is 14.0 Å². The molecule has 19 heavy (non-hydrogen) atoms. The van der Waals surface area contributed by atoms with Gasteiger partial charge in [-0.25, -0.2) is 0 Å². The van der Waals surface area contributed by atoms with Gasteiger partial charge in [0.25, 0.3) is 0 Å². The molecule has 100 valence electrons. The molecule has 0 aliphatic carbocycles. The summed E-state index contributed by atoms with van der Waals surface area (Å²) in [6, 6.07) is 3.10. The SMILES string of the molecule is COc1cc(Cl)cc(C=O)c1OCc1nncn1C. The average Bonchev–Trinajstić information content (AvgIpc) is 2.81. The van der Waals surface area contributed by atoms with Gasteiger partial charge in [-0.05, 0) is 6.07 Å². The summed E-state index contributed by atoms with van der Waals surface area (Å²) in [5.41, 5.74) is 0.325. The third-order valence-corrected chi connectivity index (χ3v) is 2.76. The van der Waals surface area contributed by atoms with E-state index in [9.17, 15) is 4.79 Å². The second-order valence-electron chi connectivity index (χ2n) is 3.79. The highest BCUT2D eigenvalue weighted by Gasteiger charge is 2.13. The normalized spacial score (nSPS) is 10.3. The van der Waals surface area contributed by atoms with Crippen molar-refractivity contribution in [2.45, 2.75) is 6.61 Å². The van der Waals surface area contributed by atoms with E-state index in [4.69, 9.17) is 21.1 Å². The molecule has 6 nitrogen and oxygen atoms in total. The lowest BCUT2D eigenvalue weighted by Crippen LogP contribution is -2.05. The minimum Gasteiger partial charge on any atom is -0.493 e. The van der Waals surface area contributed by atoms with Crippen LogP contribution in [0.5, 0.6) is 11.5 Å². The van der Waals surface area contributed by atoms with Crippen LogP contribution >= 0.6 is 11.6 Å². The number of rotatable bonds is 5. The minimum atomic E-state index is 0.176. The second kappa shape index (κ2) is 5.71. The van der Waals surface area contributed by atoms with E-state index in [1.54, 1.807) is 24.0 Å². The van der Waals surface area contributed by atoms with Crippen molar-refractivity contribution in [1.29, 1.82) is 0 Å². The molecule has 7 heteroatoms. The average molecular weight is 282 g/mol. The van der Waals surface area contributed by atoms with E-state index < -0.39 is 0 Å². The fourth-order valence-electron chi connectivity index (χ4n) is 1.56. The highest BCUT2D eigenvalue weighted by molar-refractivity contribution is 6.31. The van der Waals surface area contributed by atoms with Gasteiger partial charge in [-0.2, -0.15) is 0 Å². The number of aryl methyl sites for hydroxylation is 1. The Hall–Kier alpha value is -2.08. The predicted octanol–water partition coefficient (Wildman–Crippen LogP) is 1.87. The van der Waals surface area contributed by atoms with Crippen LogP contribution in [-0.2, 0) is 13.7 Å². The van der Waals surface area contributed by atoms with Gasteiger partial charge in [0.2, 0.25) is 0 Å². The molecule has 0 spiro atoms. The van der Waals surface area contributed by atoms with Crippen LogP contribution < -0.4 is 9.47 Å². The van der Waals surface area contributed by atoms with E-state index in [1.165, 1.54) is 13.2 Å². The maximum absolute atomic E-state index is 11.0. The van der Waals surface area contributed by atoms with Crippen molar-refractivity contribution >= 4 is 17.9 Å². The summed E-state index contributed by atoms with van der Waals surface area (Å²) in [7, 11) is 3.29. The first-order chi connectivity index (χ1) is 9.15. The molecule has 0 N–H and O–H groups in total. The molecule has 0 saturated carbocycles. The lowest BCUT2D eigenvalue weighted by Gasteiger charge is -2.12. The van der Waals surface area contributed by atoms with Crippen LogP contribution in [0, 0.1) is 0 Å². The zero-order valence-electron chi connectivity index (χ0n) is 10.5. The number of halogens is 1. The van der Waals surface area contributed by atoms with Gasteiger partial charge in [0, 0.05) is 18.1 Å². The molecule has 0 atom stereocenters. The second-order valence-corrected chi connectivity index (χ2v) is 4.23. The monoisotopic (exact) mass is 281 g/mol. The Bertz CT molecular complexity index is 598. The van der Waals surface area contributed by atoms with Crippen LogP contribution in [0.3, 0.4) is 0 Å². The highest BCUT2D eigenvalue weighted by Crippen LogP contribution is 2.34. The number of hydrogen-bond acceptors (Lipinski definition) is 5. The summed E-state index contributed by atoms with van der Waals surface area (Å²) in [5.74, 6) is 1.37. The standard InChI is InChI=1S/C12H12ClN3O3/c1-16-7-14-15-11(16)6-19-12-8(5-17)3-9(13)4-10(12)18-2/h3-5,7H,6H2,1-2H3. The van der Waals surface area contributed by atoms with Crippen molar-refractivity contribution in [2.24, 2.45) is 7.05 Å². The maximum Gasteiger partial charge on any atom is 0.172 e. The Morgan fingerprint density at radius 2 is 2.26 bits per heavy atom. The van der Waals surface area contributed by atoms with Crippen LogP contribution in [-0.4, -0.2) is 28.2 Å². The molecule has 0 aliphatic heterocycles. The van der Waals surface area contributed by atoms with Crippen molar-refractivity contribution in [3.63, 3.8) is 0 Å². The van der Waals surface area contributed by atoms with Crippen LogP contribution in [0.4, 0.5) is 0 Å². The molecule has 0 saturated heterocycles. The number of hydrogen-bond donors (Lipinski definition) is 0. The van der Waals surface area contributed by atoms with Crippen molar-refractivity contribution in [1.82, 2.24) is 14.8 Å². The third kappa shape index (κ3) is 2.85. The van der Waals surface area contributed by atoms with E-state index in [-0.39, 0.29) is 6.61 Å². The Labute approximate surface area is 114 Å². The van der Waals surface area contributed by atoms with Gasteiger partial charge >= 0.3 is 0 Å². The number of methoxy groups -OCH3 is 1. The summed E-state index contributed by atoms with van der Waals surface area (Å²) in [6.07, 6.45) is 2.23. The molecule has 1 aromatic heterocycles. The van der Waals surface area contributed by atoms with Gasteiger partial charge in [0.15, 0.2) is 23.6 Å². The minimum absolute atomic E-state index is 0.176. The van der Waals surface area contributed by atoms with Gasteiger partial charge in [-0.15, -0.1) is 10.2 Å². The van der Waals surface area contributed by atoms with Gasteiger partial charge in [-0.1, -0.05) is 11.6 Å². The number of ether oxygens (including phenoxy) is 2. The number of aromatic nitrogens is 3. The molecule has 0 radical (unpaired) electrons. The topological polar surface area (TPSA) is 66.2 Å². The van der Waals surface area contributed by atoms with Gasteiger partial charge in [0.1, 0.15) is 12.9 Å². The number of benzene rings is 1. The molecule has 0 amide bonds. The van der Waals surface area contributed by atoms with E-state index >= 15 is 0 Å². The zero-order chi connectivity index (χ0) is 13.8. The fourth-order valence-corrected chi connectivity index (χ4v) is 1.77. The van der Waals surface area contributed by atoms with Crippen molar-refractivity contribution in [3.8, 4) is 11.5 Å². The number of aldehydes is 1. The molecule has 1 aromatic carbocycles. The molecule has 0 unspecified atom stereocenters. The molecule has 2 aromatic rings. The zero-order valence-corrected chi connectivity index (χ0v) is 11.2. The summed E-state index contributed by atoms with van der Waals surface area (Å²) in [5, 5.41) is 8.04. The lowest BCUT2D eigenvalue weighted by molar-refractivity contribution is 0.111. The van der Waals surface area contributed by atoms with Gasteiger partial charge in [0.05, 0.1) is 12.7 Å². The first kappa shape index (κ1) is 13.4. The van der Waals surface area contributed by atoms with Crippen molar-refractivity contribution in [2.75, 3.05) is 7.11 Å². The van der Waals surface area contributed by atoms with E-state index in [0.29, 0.717) is 34.2 Å². The highest BCUT2D eigenvalue weighted by atomic mass is 35.5. The van der Waals surface area contributed by atoms with E-state index in [1.807, 2.05) is 0 Å². The summed E-state index contributed by atoms with van der Waals surface area (Å²) in [6.45, 7) is 0.176. The molecule has 0 fully saturated rings. The van der Waals surface area contributed by atoms with Gasteiger partial charge in [-0.3, -0.25) is 4.79 Å². The number of nitrogens with zero attached hydrogens (tertiary/aromatic N) is 3. The predicted molar refractivity (Wildman–Crippen MR) is 68.7 cm³/mol. The Morgan fingerprint density at radius 3 is 2.84 bits per heavy atom. The maximum atomic E-state index is 11.0. The quantitative estimate of drug-likeness (QED) is 0.783. The third-order valence-electron chi connectivity index (χ3n) is 2.55. The number of carbonyl (C=O) groups excluding carboxylic acids is 1. The first-order valence-electron chi connectivity index (χ1n) is 5.44. The Balaban J connectivity index is 2.28. The lowest BCUT2D eigenvalue weighted by atomic mass is 10.2. The smallest absolute Gasteiger partial charge is 0.172 e. The number of carbonyl (C=O) groups is 1. The molecule has 1 heterocycles. The summed E-state index contributed by atoms with van der Waals surface area (Å²) < 4.78 is 12.5. The van der Waals surface area contributed by atoms with E-state index in [0.717, 1.165) is 0 Å². The molecular weight excluding hydrogens is 270 g/mol. The molecule has 0 aliphatic rings. The largest absolute Gasteiger partial charge is 0.493 e. The Kier molecular flexibility index (Phi) is 4.01. The molecular formula is C12H12ClN3O3. The van der Waals surface area contributed by atoms with Crippen LogP contribution in [0.15, 0.2) is 18.5 Å². The molecule has 0 bridgehead atoms. The van der Waals surface area contributed by atoms with E-state index in [2.05, 4.69) is 10.2 Å². The van der Waals surface area contributed by atoms with Crippen LogP contribution in [0.25, 0.3) is 0 Å². The van der Waals surface area contributed by atoms with Crippen molar-refractivity contribution < 1.29 is 14.3 Å². The molecule has 2 rings (SSSR count). The summed E-state index contributed by atoms with van der Waals surface area (Å²) in [4.78, 5) is 11.0. The Morgan fingerprint density at radius 1 is 1.47 bits per heavy atom.